The van der Waals surface area contributed by atoms with Crippen molar-refractivity contribution < 1.29 is 0 Å². The molecule has 23 heavy (non-hydrogen) atoms. The Labute approximate surface area is 137 Å². The average molecular weight is 324 g/mol. The lowest BCUT2D eigenvalue weighted by molar-refractivity contribution is 0.751. The third-order valence-corrected chi connectivity index (χ3v) is 4.14. The van der Waals surface area contributed by atoms with Crippen LogP contribution in [0.15, 0.2) is 42.5 Å². The second-order valence-electron chi connectivity index (χ2n) is 5.42. The Hall–Kier alpha value is -2.66. The van der Waals surface area contributed by atoms with E-state index in [9.17, 15) is 0 Å². The third-order valence-electron chi connectivity index (χ3n) is 3.97. The van der Waals surface area contributed by atoms with Gasteiger partial charge in [0.15, 0.2) is 0 Å². The van der Waals surface area contributed by atoms with Crippen molar-refractivity contribution in [1.82, 2.24) is 19.7 Å². The molecule has 0 unspecified atom stereocenters. The van der Waals surface area contributed by atoms with Gasteiger partial charge < -0.3 is 5.32 Å². The zero-order valence-corrected chi connectivity index (χ0v) is 13.5. The normalized spacial score (nSPS) is 11.3. The fourth-order valence-electron chi connectivity index (χ4n) is 2.69. The third kappa shape index (κ3) is 2.39. The molecule has 4 aromatic rings. The Bertz CT molecular complexity index is 1040. The number of aryl methyl sites for hydroxylation is 2. The van der Waals surface area contributed by atoms with E-state index in [1.165, 1.54) is 0 Å². The molecule has 0 spiro atoms. The van der Waals surface area contributed by atoms with Crippen LogP contribution in [-0.4, -0.2) is 19.7 Å². The fourth-order valence-corrected chi connectivity index (χ4v) is 2.86. The largest absolute Gasteiger partial charge is 0.340 e. The summed E-state index contributed by atoms with van der Waals surface area (Å²) >= 11 is 6.03. The van der Waals surface area contributed by atoms with Crippen LogP contribution in [0.1, 0.15) is 5.69 Å². The van der Waals surface area contributed by atoms with E-state index in [0.29, 0.717) is 5.82 Å². The van der Waals surface area contributed by atoms with Gasteiger partial charge in [-0.05, 0) is 48.9 Å². The van der Waals surface area contributed by atoms with Crippen LogP contribution in [0.3, 0.4) is 0 Å². The molecule has 2 heterocycles. The minimum Gasteiger partial charge on any atom is -0.340 e. The highest BCUT2D eigenvalue weighted by molar-refractivity contribution is 6.28. The maximum absolute atomic E-state index is 6.03. The summed E-state index contributed by atoms with van der Waals surface area (Å²) in [6.07, 6.45) is 0. The number of benzene rings is 2. The van der Waals surface area contributed by atoms with Crippen molar-refractivity contribution in [2.45, 2.75) is 6.92 Å². The molecule has 0 aliphatic carbocycles. The molecule has 0 saturated carbocycles. The summed E-state index contributed by atoms with van der Waals surface area (Å²) in [6.45, 7) is 2.06. The molecule has 0 fully saturated rings. The number of rotatable bonds is 2. The smallest absolute Gasteiger partial charge is 0.224 e. The molecule has 0 atom stereocenters. The molecule has 114 valence electrons. The Morgan fingerprint density at radius 2 is 1.83 bits per heavy atom. The number of aromatic nitrogens is 4. The molecule has 0 aliphatic rings. The van der Waals surface area contributed by atoms with Crippen LogP contribution in [0.5, 0.6) is 0 Å². The molecule has 0 aliphatic heterocycles. The van der Waals surface area contributed by atoms with E-state index in [1.807, 2.05) is 48.1 Å². The zero-order valence-electron chi connectivity index (χ0n) is 12.7. The highest BCUT2D eigenvalue weighted by Crippen LogP contribution is 2.27. The Morgan fingerprint density at radius 3 is 2.70 bits per heavy atom. The number of hydrogen-bond donors (Lipinski definition) is 1. The van der Waals surface area contributed by atoms with Gasteiger partial charge in [0.05, 0.1) is 11.0 Å². The van der Waals surface area contributed by atoms with Crippen LogP contribution >= 0.6 is 11.6 Å². The molecule has 2 aromatic heterocycles. The van der Waals surface area contributed by atoms with Crippen molar-refractivity contribution in [3.8, 4) is 0 Å². The molecule has 4 rings (SSSR count). The summed E-state index contributed by atoms with van der Waals surface area (Å²) in [5.41, 5.74) is 3.81. The summed E-state index contributed by atoms with van der Waals surface area (Å²) < 4.78 is 1.88. The number of nitrogens with zero attached hydrogens (tertiary/aromatic N) is 4. The summed E-state index contributed by atoms with van der Waals surface area (Å²) in [7, 11) is 1.94. The van der Waals surface area contributed by atoms with E-state index < -0.39 is 0 Å². The van der Waals surface area contributed by atoms with E-state index in [0.717, 1.165) is 33.2 Å². The standard InChI is InChI=1S/C17H14ClN5/c1-10-12-8-7-11(9-15(12)22-23(10)2)19-16-13-5-3-4-6-14(13)20-17(18)21-16/h3-9H,1-2H3,(H,19,20,21). The first-order chi connectivity index (χ1) is 11.1. The number of para-hydroxylation sites is 1. The van der Waals surface area contributed by atoms with E-state index >= 15 is 0 Å². The lowest BCUT2D eigenvalue weighted by Crippen LogP contribution is -1.97. The highest BCUT2D eigenvalue weighted by Gasteiger charge is 2.09. The van der Waals surface area contributed by atoms with Gasteiger partial charge in [0.1, 0.15) is 5.82 Å². The van der Waals surface area contributed by atoms with E-state index in [-0.39, 0.29) is 5.28 Å². The maximum atomic E-state index is 6.03. The lowest BCUT2D eigenvalue weighted by atomic mass is 10.2. The van der Waals surface area contributed by atoms with Crippen LogP contribution < -0.4 is 5.32 Å². The van der Waals surface area contributed by atoms with Crippen LogP contribution in [-0.2, 0) is 7.05 Å². The topological polar surface area (TPSA) is 55.6 Å². The number of halogens is 1. The summed E-state index contributed by atoms with van der Waals surface area (Å²) in [4.78, 5) is 8.56. The number of anilines is 2. The van der Waals surface area contributed by atoms with Gasteiger partial charge in [0.2, 0.25) is 5.28 Å². The first kappa shape index (κ1) is 14.0. The van der Waals surface area contributed by atoms with Gasteiger partial charge in [0, 0.05) is 29.2 Å². The van der Waals surface area contributed by atoms with Crippen LogP contribution in [0.2, 0.25) is 5.28 Å². The lowest BCUT2D eigenvalue weighted by Gasteiger charge is -2.09. The summed E-state index contributed by atoms with van der Waals surface area (Å²) in [6, 6.07) is 13.9. The Balaban J connectivity index is 1.81. The van der Waals surface area contributed by atoms with Crippen LogP contribution in [0.4, 0.5) is 11.5 Å². The molecule has 0 bridgehead atoms. The number of fused-ring (bicyclic) bond motifs is 2. The molecule has 6 heteroatoms. The fraction of sp³-hybridized carbons (Fsp3) is 0.118. The van der Waals surface area contributed by atoms with Crippen LogP contribution in [0, 0.1) is 6.92 Å². The molecule has 0 radical (unpaired) electrons. The minimum atomic E-state index is 0.223. The van der Waals surface area contributed by atoms with Gasteiger partial charge in [-0.15, -0.1) is 0 Å². The van der Waals surface area contributed by atoms with Crippen molar-refractivity contribution >= 4 is 44.9 Å². The van der Waals surface area contributed by atoms with Gasteiger partial charge in [0.25, 0.3) is 0 Å². The van der Waals surface area contributed by atoms with Gasteiger partial charge in [-0.3, -0.25) is 4.68 Å². The minimum absolute atomic E-state index is 0.223. The van der Waals surface area contributed by atoms with E-state index in [1.54, 1.807) is 0 Å². The van der Waals surface area contributed by atoms with Gasteiger partial charge in [-0.25, -0.2) is 4.98 Å². The average Bonchev–Trinajstić information content (AvgIpc) is 2.81. The van der Waals surface area contributed by atoms with E-state index in [4.69, 9.17) is 11.6 Å². The van der Waals surface area contributed by atoms with Gasteiger partial charge in [-0.1, -0.05) is 12.1 Å². The summed E-state index contributed by atoms with van der Waals surface area (Å²) in [5.74, 6) is 0.688. The second-order valence-corrected chi connectivity index (χ2v) is 5.76. The van der Waals surface area contributed by atoms with Crippen molar-refractivity contribution in [1.29, 1.82) is 0 Å². The van der Waals surface area contributed by atoms with Crippen molar-refractivity contribution in [2.24, 2.45) is 7.05 Å². The first-order valence-corrected chi connectivity index (χ1v) is 7.62. The van der Waals surface area contributed by atoms with Gasteiger partial charge >= 0.3 is 0 Å². The second kappa shape index (κ2) is 5.21. The van der Waals surface area contributed by atoms with Gasteiger partial charge in [-0.2, -0.15) is 10.1 Å². The maximum Gasteiger partial charge on any atom is 0.224 e. The summed E-state index contributed by atoms with van der Waals surface area (Å²) in [5, 5.41) is 10.1. The molecule has 2 aromatic carbocycles. The number of hydrogen-bond acceptors (Lipinski definition) is 4. The number of nitrogens with one attached hydrogen (secondary N) is 1. The molecule has 0 saturated heterocycles. The Morgan fingerprint density at radius 1 is 1.00 bits per heavy atom. The monoisotopic (exact) mass is 323 g/mol. The van der Waals surface area contributed by atoms with Crippen LogP contribution in [0.25, 0.3) is 21.8 Å². The highest BCUT2D eigenvalue weighted by atomic mass is 35.5. The molecular formula is C17H14ClN5. The Kier molecular flexibility index (Phi) is 3.16. The van der Waals surface area contributed by atoms with Crippen molar-refractivity contribution in [2.75, 3.05) is 5.32 Å². The zero-order chi connectivity index (χ0) is 16.0. The molecule has 0 amide bonds. The molecule has 1 N–H and O–H groups in total. The quantitative estimate of drug-likeness (QED) is 0.561. The molecular weight excluding hydrogens is 310 g/mol. The predicted molar refractivity (Wildman–Crippen MR) is 93.3 cm³/mol. The molecule has 5 nitrogen and oxygen atoms in total. The first-order valence-electron chi connectivity index (χ1n) is 7.24. The van der Waals surface area contributed by atoms with E-state index in [2.05, 4.69) is 33.4 Å². The van der Waals surface area contributed by atoms with Crippen molar-refractivity contribution in [3.05, 3.63) is 53.4 Å². The van der Waals surface area contributed by atoms with Crippen molar-refractivity contribution in [3.63, 3.8) is 0 Å². The predicted octanol–water partition coefficient (Wildman–Crippen LogP) is 4.22. The SMILES string of the molecule is Cc1c2ccc(Nc3nc(Cl)nc4ccccc34)cc2nn1C.